The maximum Gasteiger partial charge on any atom is 0.129 e. The Kier molecular flexibility index (Phi) is 5.07. The molecule has 1 aliphatic rings. The normalized spacial score (nSPS) is 16.7. The molecule has 0 fully saturated rings. The zero-order chi connectivity index (χ0) is 20.5. The number of ether oxygens (including phenoxy) is 2. The minimum Gasteiger partial charge on any atom is -0.496 e. The average molecular weight is 402 g/mol. The number of rotatable bonds is 6. The highest BCUT2D eigenvalue weighted by atomic mass is 16.5. The predicted molar refractivity (Wildman–Crippen MR) is 117 cm³/mol. The minimum absolute atomic E-state index is 0.0632. The van der Waals surface area contributed by atoms with Gasteiger partial charge in [0.2, 0.25) is 0 Å². The van der Waals surface area contributed by atoms with Crippen molar-refractivity contribution in [3.05, 3.63) is 89.0 Å². The number of aromatic nitrogens is 1. The number of aromatic amines is 1. The van der Waals surface area contributed by atoms with Gasteiger partial charge in [-0.05, 0) is 36.2 Å². The molecule has 0 amide bonds. The van der Waals surface area contributed by atoms with Crippen LogP contribution in [0.5, 0.6) is 5.75 Å². The number of H-pyrrole nitrogens is 1. The first-order valence-corrected chi connectivity index (χ1v) is 10.3. The molecule has 0 bridgehead atoms. The Balaban J connectivity index is 1.59. The van der Waals surface area contributed by atoms with Crippen LogP contribution in [0.4, 0.5) is 0 Å². The van der Waals surface area contributed by atoms with Crippen molar-refractivity contribution in [1.29, 1.82) is 0 Å². The van der Waals surface area contributed by atoms with E-state index >= 15 is 0 Å². The highest BCUT2D eigenvalue weighted by Crippen LogP contribution is 2.42. The summed E-state index contributed by atoms with van der Waals surface area (Å²) in [5, 5.41) is 1.31. The van der Waals surface area contributed by atoms with Crippen LogP contribution in [0.2, 0.25) is 0 Å². The number of para-hydroxylation sites is 2. The highest BCUT2D eigenvalue weighted by molar-refractivity contribution is 5.85. The van der Waals surface area contributed by atoms with Crippen LogP contribution in [-0.4, -0.2) is 30.6 Å². The third-order valence-corrected chi connectivity index (χ3v) is 5.93. The van der Waals surface area contributed by atoms with Crippen LogP contribution in [0.3, 0.4) is 0 Å². The third-order valence-electron chi connectivity index (χ3n) is 5.93. The Morgan fingerprint density at radius 1 is 1.00 bits per heavy atom. The number of fused-ring (bicyclic) bond motifs is 3. The van der Waals surface area contributed by atoms with Crippen molar-refractivity contribution in [3.8, 4) is 5.75 Å². The van der Waals surface area contributed by atoms with Gasteiger partial charge in [0.1, 0.15) is 23.9 Å². The summed E-state index contributed by atoms with van der Waals surface area (Å²) in [4.78, 5) is 6.17. The van der Waals surface area contributed by atoms with Gasteiger partial charge in [-0.2, -0.15) is 0 Å². The Bertz CT molecular complexity index is 1160. The smallest absolute Gasteiger partial charge is 0.129 e. The molecule has 1 unspecified atom stereocenters. The van der Waals surface area contributed by atoms with Crippen LogP contribution in [0.15, 0.2) is 65.1 Å². The number of furan rings is 1. The molecule has 3 heterocycles. The highest BCUT2D eigenvalue weighted by Gasteiger charge is 2.33. The molecule has 0 radical (unpaired) electrons. The molecule has 5 heteroatoms. The Labute approximate surface area is 176 Å². The van der Waals surface area contributed by atoms with Gasteiger partial charge < -0.3 is 18.9 Å². The van der Waals surface area contributed by atoms with Crippen molar-refractivity contribution >= 4 is 10.9 Å². The molecule has 2 aromatic heterocycles. The lowest BCUT2D eigenvalue weighted by molar-refractivity contribution is 0.152. The van der Waals surface area contributed by atoms with Gasteiger partial charge in [0, 0.05) is 35.8 Å². The minimum atomic E-state index is 0.0632. The second kappa shape index (κ2) is 8.01. The second-order valence-electron chi connectivity index (χ2n) is 7.73. The van der Waals surface area contributed by atoms with Gasteiger partial charge in [0.25, 0.3) is 0 Å². The number of nitrogens with one attached hydrogen (secondary N) is 1. The predicted octanol–water partition coefficient (Wildman–Crippen LogP) is 5.06. The monoisotopic (exact) mass is 402 g/mol. The van der Waals surface area contributed by atoms with Crippen molar-refractivity contribution in [2.45, 2.75) is 25.6 Å². The number of benzene rings is 2. The summed E-state index contributed by atoms with van der Waals surface area (Å²) >= 11 is 0. The van der Waals surface area contributed by atoms with Crippen LogP contribution in [0.25, 0.3) is 10.9 Å². The van der Waals surface area contributed by atoms with E-state index in [1.807, 2.05) is 24.3 Å². The van der Waals surface area contributed by atoms with E-state index in [1.165, 1.54) is 22.2 Å². The van der Waals surface area contributed by atoms with Crippen LogP contribution in [-0.2, 0) is 24.3 Å². The molecule has 0 saturated carbocycles. The van der Waals surface area contributed by atoms with Gasteiger partial charge in [0.15, 0.2) is 0 Å². The molecule has 5 nitrogen and oxygen atoms in total. The summed E-state index contributed by atoms with van der Waals surface area (Å²) < 4.78 is 17.0. The van der Waals surface area contributed by atoms with Gasteiger partial charge >= 0.3 is 0 Å². The van der Waals surface area contributed by atoms with Gasteiger partial charge in [-0.3, -0.25) is 4.90 Å². The molecule has 1 N–H and O–H groups in total. The van der Waals surface area contributed by atoms with Crippen molar-refractivity contribution in [3.63, 3.8) is 0 Å². The molecule has 30 heavy (non-hydrogen) atoms. The van der Waals surface area contributed by atoms with E-state index in [0.717, 1.165) is 42.3 Å². The zero-order valence-electron chi connectivity index (χ0n) is 17.4. The van der Waals surface area contributed by atoms with E-state index in [2.05, 4.69) is 46.3 Å². The SMILES string of the molecule is COCc1ccc(CN2CCc3c([nH]c4ccccc34)C2c2ccccc2OC)o1. The molecule has 0 aliphatic carbocycles. The first kappa shape index (κ1) is 19.0. The van der Waals surface area contributed by atoms with Crippen LogP contribution >= 0.6 is 0 Å². The molecule has 1 atom stereocenters. The van der Waals surface area contributed by atoms with E-state index in [1.54, 1.807) is 14.2 Å². The average Bonchev–Trinajstić information content (AvgIpc) is 3.38. The lowest BCUT2D eigenvalue weighted by Gasteiger charge is -2.36. The third kappa shape index (κ3) is 3.30. The molecular weight excluding hydrogens is 376 g/mol. The fraction of sp³-hybridized carbons (Fsp3) is 0.280. The topological polar surface area (TPSA) is 50.6 Å². The molecule has 154 valence electrons. The molecule has 0 spiro atoms. The lowest BCUT2D eigenvalue weighted by atomic mass is 9.91. The van der Waals surface area contributed by atoms with E-state index in [0.29, 0.717) is 6.61 Å². The van der Waals surface area contributed by atoms with E-state index in [-0.39, 0.29) is 6.04 Å². The lowest BCUT2D eigenvalue weighted by Crippen LogP contribution is -2.35. The molecule has 5 rings (SSSR count). The summed E-state index contributed by atoms with van der Waals surface area (Å²) in [7, 11) is 3.42. The molecule has 2 aromatic carbocycles. The van der Waals surface area contributed by atoms with Gasteiger partial charge in [-0.1, -0.05) is 36.4 Å². The zero-order valence-corrected chi connectivity index (χ0v) is 17.4. The molecule has 1 aliphatic heterocycles. The Hall–Kier alpha value is -3.02. The number of hydrogen-bond acceptors (Lipinski definition) is 4. The van der Waals surface area contributed by atoms with Gasteiger partial charge in [0.05, 0.1) is 19.7 Å². The number of methoxy groups -OCH3 is 2. The molecule has 0 saturated heterocycles. The van der Waals surface area contributed by atoms with E-state index in [4.69, 9.17) is 13.9 Å². The van der Waals surface area contributed by atoms with Crippen LogP contribution in [0.1, 0.15) is 34.4 Å². The van der Waals surface area contributed by atoms with E-state index in [9.17, 15) is 0 Å². The maximum absolute atomic E-state index is 6.01. The quantitative estimate of drug-likeness (QED) is 0.490. The van der Waals surface area contributed by atoms with Crippen molar-refractivity contribution in [2.75, 3.05) is 20.8 Å². The fourth-order valence-electron chi connectivity index (χ4n) is 4.63. The van der Waals surface area contributed by atoms with Crippen molar-refractivity contribution < 1.29 is 13.9 Å². The Morgan fingerprint density at radius 3 is 2.67 bits per heavy atom. The standard InChI is InChI=1S/C25H26N2O3/c1-28-16-18-12-11-17(30-18)15-27-14-13-20-19-7-3-5-9-22(19)26-24(20)25(27)21-8-4-6-10-23(21)29-2/h3-12,25-26H,13-16H2,1-2H3. The van der Waals surface area contributed by atoms with Gasteiger partial charge in [-0.25, -0.2) is 0 Å². The Morgan fingerprint density at radius 2 is 1.80 bits per heavy atom. The first-order valence-electron chi connectivity index (χ1n) is 10.3. The largest absolute Gasteiger partial charge is 0.496 e. The second-order valence-corrected chi connectivity index (χ2v) is 7.73. The molecular formula is C25H26N2O3. The number of nitrogens with zero attached hydrogens (tertiary/aromatic N) is 1. The maximum atomic E-state index is 6.01. The van der Waals surface area contributed by atoms with Crippen molar-refractivity contribution in [2.24, 2.45) is 0 Å². The summed E-state index contributed by atoms with van der Waals surface area (Å²) in [5.74, 6) is 2.70. The summed E-state index contributed by atoms with van der Waals surface area (Å²) in [6.07, 6.45) is 0.997. The van der Waals surface area contributed by atoms with Crippen molar-refractivity contribution in [1.82, 2.24) is 9.88 Å². The number of hydrogen-bond donors (Lipinski definition) is 1. The van der Waals surface area contributed by atoms with Gasteiger partial charge in [-0.15, -0.1) is 0 Å². The summed E-state index contributed by atoms with van der Waals surface area (Å²) in [6.45, 7) is 2.15. The summed E-state index contributed by atoms with van der Waals surface area (Å²) in [6, 6.07) is 21.0. The van der Waals surface area contributed by atoms with Crippen LogP contribution in [0, 0.1) is 0 Å². The first-order chi connectivity index (χ1) is 14.8. The fourth-order valence-corrected chi connectivity index (χ4v) is 4.63. The van der Waals surface area contributed by atoms with Crippen LogP contribution < -0.4 is 4.74 Å². The molecule has 4 aromatic rings. The summed E-state index contributed by atoms with van der Waals surface area (Å²) in [5.41, 5.74) is 4.99. The van der Waals surface area contributed by atoms with E-state index < -0.39 is 0 Å².